The molecule has 1 aliphatic rings. The summed E-state index contributed by atoms with van der Waals surface area (Å²) < 4.78 is 13.3. The molecule has 0 unspecified atom stereocenters. The maximum atomic E-state index is 13.3. The molecule has 1 saturated carbocycles. The Bertz CT molecular complexity index is 395. The summed E-state index contributed by atoms with van der Waals surface area (Å²) in [6.45, 7) is 0. The molecule has 0 amide bonds. The van der Waals surface area contributed by atoms with Crippen molar-refractivity contribution in [2.45, 2.75) is 24.8 Å². The number of Topliss-reactive ketones (excluding diaryl/α,β-unsaturated/α-hetero) is 1. The van der Waals surface area contributed by atoms with Gasteiger partial charge in [0, 0.05) is 17.0 Å². The Hall–Kier alpha value is -0.930. The minimum absolute atomic E-state index is 0.0119. The summed E-state index contributed by atoms with van der Waals surface area (Å²) in [5, 5.41) is 0.285. The Morgan fingerprint density at radius 2 is 2.20 bits per heavy atom. The predicted octanol–water partition coefficient (Wildman–Crippen LogP) is 2.08. The molecule has 0 spiro atoms. The van der Waals surface area contributed by atoms with E-state index in [1.54, 1.807) is 6.07 Å². The summed E-state index contributed by atoms with van der Waals surface area (Å²) in [5.41, 5.74) is 5.26. The zero-order valence-corrected chi connectivity index (χ0v) is 8.85. The van der Waals surface area contributed by atoms with Gasteiger partial charge in [-0.1, -0.05) is 17.7 Å². The van der Waals surface area contributed by atoms with Gasteiger partial charge in [-0.25, -0.2) is 4.39 Å². The molecule has 0 bridgehead atoms. The fourth-order valence-electron chi connectivity index (χ4n) is 1.45. The normalized spacial score (nSPS) is 17.5. The van der Waals surface area contributed by atoms with E-state index in [4.69, 9.17) is 17.3 Å². The molecule has 2 rings (SSSR count). The highest BCUT2D eigenvalue weighted by Crippen LogP contribution is 2.35. The van der Waals surface area contributed by atoms with Crippen LogP contribution in [0.15, 0.2) is 18.2 Å². The van der Waals surface area contributed by atoms with Crippen LogP contribution in [0.25, 0.3) is 0 Å². The van der Waals surface area contributed by atoms with Crippen molar-refractivity contribution in [2.24, 2.45) is 5.73 Å². The monoisotopic (exact) mass is 227 g/mol. The maximum Gasteiger partial charge on any atom is 0.157 e. The zero-order valence-electron chi connectivity index (χ0n) is 8.09. The van der Waals surface area contributed by atoms with Crippen LogP contribution in [0.2, 0.25) is 5.02 Å². The van der Waals surface area contributed by atoms with Crippen LogP contribution in [0, 0.1) is 5.82 Å². The highest BCUT2D eigenvalue weighted by Gasteiger charge is 2.45. The van der Waals surface area contributed by atoms with Crippen LogP contribution in [0.5, 0.6) is 0 Å². The average molecular weight is 228 g/mol. The lowest BCUT2D eigenvalue weighted by molar-refractivity contribution is -0.120. The lowest BCUT2D eigenvalue weighted by Crippen LogP contribution is -2.34. The van der Waals surface area contributed by atoms with E-state index in [0.29, 0.717) is 12.8 Å². The predicted molar refractivity (Wildman–Crippen MR) is 56.3 cm³/mol. The topological polar surface area (TPSA) is 43.1 Å². The lowest BCUT2D eigenvalue weighted by Gasteiger charge is -2.09. The quantitative estimate of drug-likeness (QED) is 0.859. The van der Waals surface area contributed by atoms with E-state index >= 15 is 0 Å². The zero-order chi connectivity index (χ0) is 11.1. The summed E-state index contributed by atoms with van der Waals surface area (Å²) in [5.74, 6) is -0.574. The third-order valence-corrected chi connectivity index (χ3v) is 3.10. The maximum absolute atomic E-state index is 13.3. The van der Waals surface area contributed by atoms with Crippen molar-refractivity contribution in [2.75, 3.05) is 0 Å². The Kier molecular flexibility index (Phi) is 2.52. The fourth-order valence-corrected chi connectivity index (χ4v) is 1.68. The molecule has 0 radical (unpaired) electrons. The number of halogens is 2. The van der Waals surface area contributed by atoms with E-state index < -0.39 is 11.4 Å². The van der Waals surface area contributed by atoms with E-state index in [2.05, 4.69) is 0 Å². The van der Waals surface area contributed by atoms with Gasteiger partial charge in [-0.15, -0.1) is 0 Å². The van der Waals surface area contributed by atoms with Gasteiger partial charge in [-0.3, -0.25) is 4.79 Å². The van der Waals surface area contributed by atoms with Crippen molar-refractivity contribution in [3.05, 3.63) is 34.6 Å². The molecule has 15 heavy (non-hydrogen) atoms. The van der Waals surface area contributed by atoms with Crippen LogP contribution < -0.4 is 5.73 Å². The number of hydrogen-bond acceptors (Lipinski definition) is 2. The fraction of sp³-hybridized carbons (Fsp3) is 0.364. The second-order valence-corrected chi connectivity index (χ2v) is 4.36. The minimum atomic E-state index is -0.717. The summed E-state index contributed by atoms with van der Waals surface area (Å²) in [7, 11) is 0. The first kappa shape index (κ1) is 10.6. The van der Waals surface area contributed by atoms with Crippen LogP contribution in [0.1, 0.15) is 18.4 Å². The van der Waals surface area contributed by atoms with Crippen molar-refractivity contribution < 1.29 is 9.18 Å². The van der Waals surface area contributed by atoms with Crippen LogP contribution in [-0.2, 0) is 11.2 Å². The molecule has 4 heteroatoms. The first-order valence-electron chi connectivity index (χ1n) is 4.78. The van der Waals surface area contributed by atoms with Gasteiger partial charge in [0.1, 0.15) is 5.82 Å². The third kappa shape index (κ3) is 2.03. The Labute approximate surface area is 92.2 Å². The summed E-state index contributed by atoms with van der Waals surface area (Å²) in [6.07, 6.45) is 1.37. The van der Waals surface area contributed by atoms with Crippen LogP contribution in [-0.4, -0.2) is 11.3 Å². The largest absolute Gasteiger partial charge is 0.319 e. The molecular weight excluding hydrogens is 217 g/mol. The molecule has 0 aliphatic heterocycles. The average Bonchev–Trinajstić information content (AvgIpc) is 2.91. The van der Waals surface area contributed by atoms with Crippen molar-refractivity contribution in [3.63, 3.8) is 0 Å². The Morgan fingerprint density at radius 3 is 2.73 bits per heavy atom. The number of rotatable bonds is 3. The molecular formula is C11H11ClFNO. The number of carbonyl (C=O) groups excluding carboxylic acids is 1. The second-order valence-electron chi connectivity index (χ2n) is 3.96. The standard InChI is InChI=1S/C11H11ClFNO/c12-8-2-1-3-9(13)7(8)6-10(15)11(14)4-5-11/h1-3H,4-6,14H2. The van der Waals surface area contributed by atoms with Crippen molar-refractivity contribution >= 4 is 17.4 Å². The van der Waals surface area contributed by atoms with Gasteiger partial charge in [0.25, 0.3) is 0 Å². The van der Waals surface area contributed by atoms with Crippen molar-refractivity contribution in [1.29, 1.82) is 0 Å². The molecule has 1 aromatic carbocycles. The molecule has 2 nitrogen and oxygen atoms in total. The van der Waals surface area contributed by atoms with Crippen LogP contribution >= 0.6 is 11.6 Å². The summed E-state index contributed by atoms with van der Waals surface area (Å²) in [6, 6.07) is 4.38. The first-order chi connectivity index (χ1) is 7.03. The van der Waals surface area contributed by atoms with Gasteiger partial charge in [-0.05, 0) is 25.0 Å². The molecule has 80 valence electrons. The van der Waals surface area contributed by atoms with Gasteiger partial charge < -0.3 is 5.73 Å². The lowest BCUT2D eigenvalue weighted by atomic mass is 10.0. The van der Waals surface area contributed by atoms with Gasteiger partial charge in [0.2, 0.25) is 0 Å². The second kappa shape index (κ2) is 3.58. The molecule has 0 atom stereocenters. The number of benzene rings is 1. The molecule has 1 fully saturated rings. The van der Waals surface area contributed by atoms with E-state index in [-0.39, 0.29) is 22.8 Å². The van der Waals surface area contributed by atoms with Gasteiger partial charge in [-0.2, -0.15) is 0 Å². The molecule has 0 heterocycles. The smallest absolute Gasteiger partial charge is 0.157 e. The summed E-state index contributed by atoms with van der Waals surface area (Å²) in [4.78, 5) is 11.7. The number of nitrogens with two attached hydrogens (primary N) is 1. The highest BCUT2D eigenvalue weighted by molar-refractivity contribution is 6.31. The Morgan fingerprint density at radius 1 is 1.53 bits per heavy atom. The third-order valence-electron chi connectivity index (χ3n) is 2.74. The van der Waals surface area contributed by atoms with Crippen molar-refractivity contribution in [3.8, 4) is 0 Å². The Balaban J connectivity index is 2.20. The molecule has 0 saturated heterocycles. The van der Waals surface area contributed by atoms with Crippen LogP contribution in [0.4, 0.5) is 4.39 Å². The molecule has 0 aromatic heterocycles. The summed E-state index contributed by atoms with van der Waals surface area (Å²) >= 11 is 5.81. The van der Waals surface area contributed by atoms with E-state index in [0.717, 1.165) is 0 Å². The van der Waals surface area contributed by atoms with E-state index in [1.807, 2.05) is 0 Å². The molecule has 2 N–H and O–H groups in total. The van der Waals surface area contributed by atoms with Gasteiger partial charge in [0.05, 0.1) is 5.54 Å². The number of carbonyl (C=O) groups is 1. The van der Waals surface area contributed by atoms with Gasteiger partial charge in [0.15, 0.2) is 5.78 Å². The minimum Gasteiger partial charge on any atom is -0.319 e. The first-order valence-corrected chi connectivity index (χ1v) is 5.16. The van der Waals surface area contributed by atoms with E-state index in [9.17, 15) is 9.18 Å². The SMILES string of the molecule is NC1(C(=O)Cc2c(F)cccc2Cl)CC1. The molecule has 1 aromatic rings. The highest BCUT2D eigenvalue weighted by atomic mass is 35.5. The van der Waals surface area contributed by atoms with Gasteiger partial charge >= 0.3 is 0 Å². The number of ketones is 1. The van der Waals surface area contributed by atoms with E-state index in [1.165, 1.54) is 12.1 Å². The van der Waals surface area contributed by atoms with Crippen LogP contribution in [0.3, 0.4) is 0 Å². The number of hydrogen-bond donors (Lipinski definition) is 1. The van der Waals surface area contributed by atoms with Crippen molar-refractivity contribution in [1.82, 2.24) is 0 Å². The molecule has 1 aliphatic carbocycles.